The van der Waals surface area contributed by atoms with Gasteiger partial charge in [0.1, 0.15) is 10.9 Å². The van der Waals surface area contributed by atoms with Crippen molar-refractivity contribution < 1.29 is 5.11 Å². The van der Waals surface area contributed by atoms with Gasteiger partial charge >= 0.3 is 0 Å². The molecule has 1 nitrogen and oxygen atoms in total. The van der Waals surface area contributed by atoms with Crippen LogP contribution in [-0.4, -0.2) is 17.6 Å². The largest absolute Gasteiger partial charge is 0.369 e. The van der Waals surface area contributed by atoms with Crippen LogP contribution in [0.4, 0.5) is 0 Å². The maximum absolute atomic E-state index is 11.1. The average molecular weight is 2800 g/mol. The fraction of sp³-hybridized carbons (Fsp3) is 1.00. The number of hydrogen-bond acceptors (Lipinski definition) is 1. The Morgan fingerprint density at radius 2 is 0.406 bits per heavy atom. The molecule has 0 aromatic rings. The first kappa shape index (κ1) is 47.3. The molecular weight excluding hydrogens is 2800 g/mol. The third-order valence-electron chi connectivity index (χ3n) is 3.49. The second-order valence-electron chi connectivity index (χ2n) is 5.63. The average Bonchev–Trinajstić information content (AvgIpc) is 2.51. The summed E-state index contributed by atoms with van der Waals surface area (Å²) < 4.78 is -2.56. The van der Waals surface area contributed by atoms with E-state index in [0.717, 1.165) is 0 Å². The molecule has 0 aliphatic rings. The van der Waals surface area contributed by atoms with Crippen LogP contribution in [0.25, 0.3) is 0 Å². The predicted octanol–water partition coefficient (Wildman–Crippen LogP) is 16.0. The topological polar surface area (TPSA) is 20.2 Å². The van der Waals surface area contributed by atoms with Gasteiger partial charge < -0.3 is 5.11 Å². The van der Waals surface area contributed by atoms with E-state index in [1.165, 1.54) is 0 Å². The molecule has 0 fully saturated rings. The number of halogens is 21. The monoisotopic (exact) mass is 2800 g/mol. The van der Waals surface area contributed by atoms with Crippen LogP contribution in [0.15, 0.2) is 0 Å². The van der Waals surface area contributed by atoms with Gasteiger partial charge in [-0.3, -0.25) is 0 Å². The van der Waals surface area contributed by atoms with E-state index in [-0.39, 0.29) is 9.43 Å². The zero-order chi connectivity index (χ0) is 27.0. The van der Waals surface area contributed by atoms with Crippen LogP contribution in [0.1, 0.15) is 0 Å². The van der Waals surface area contributed by atoms with E-state index in [2.05, 4.69) is 474 Å². The molecule has 0 spiro atoms. The van der Waals surface area contributed by atoms with Gasteiger partial charge in [-0.2, -0.15) is 0 Å². The van der Waals surface area contributed by atoms with E-state index in [1.807, 2.05) is 0 Å². The van der Waals surface area contributed by atoms with Crippen LogP contribution in [0, 0.1) is 0 Å². The molecule has 0 heterocycles. The van der Waals surface area contributed by atoms with Crippen molar-refractivity contribution in [3.63, 3.8) is 0 Å². The lowest BCUT2D eigenvalue weighted by atomic mass is 10.1. The molecule has 0 aromatic carbocycles. The minimum Gasteiger partial charge on any atom is -0.369 e. The number of aliphatic hydroxyl groups is 1. The minimum atomic E-state index is -0.916. The summed E-state index contributed by atoms with van der Waals surface area (Å²) in [5.41, 5.74) is 0. The van der Waals surface area contributed by atoms with Crippen LogP contribution in [-0.2, 0) is 0 Å². The Kier molecular flexibility index (Phi) is 24.8. The Balaban J connectivity index is 7.00. The zero-order valence-corrected chi connectivity index (χ0v) is 58.7. The second-order valence-corrected chi connectivity index (χ2v) is 64.3. The van der Waals surface area contributed by atoms with Crippen LogP contribution >= 0.6 is 474 Å². The fourth-order valence-electron chi connectivity index (χ4n) is 1.55. The van der Waals surface area contributed by atoms with E-state index in [0.29, 0.717) is 0 Å². The van der Waals surface area contributed by atoms with Gasteiger partial charge in [-0.05, 0) is 45.2 Å². The molecule has 0 radical (unpaired) electrons. The standard InChI is InChI=1S/C10HI21O/c11-1(12,3(15,16)5(19,20)7(23,24)9(27,28)29)2(13,14)4(17,18)6(21,22)8(25,26)10(30,31)32/h32H. The molecule has 0 bridgehead atoms. The lowest BCUT2D eigenvalue weighted by Gasteiger charge is -2.59. The van der Waals surface area contributed by atoms with Crippen LogP contribution in [0.5, 0.6) is 0 Å². The van der Waals surface area contributed by atoms with Crippen molar-refractivity contribution in [1.82, 2.24) is 0 Å². The second kappa shape index (κ2) is 16.8. The van der Waals surface area contributed by atoms with E-state index >= 15 is 0 Å². The summed E-state index contributed by atoms with van der Waals surface area (Å²) in [5, 5.41) is 11.1. The van der Waals surface area contributed by atoms with E-state index in [4.69, 9.17) is 0 Å². The van der Waals surface area contributed by atoms with Gasteiger partial charge in [0, 0.05) is 0 Å². The van der Waals surface area contributed by atoms with Gasteiger partial charge in [0.2, 0.25) is 0 Å². The highest BCUT2D eigenvalue weighted by molar-refractivity contribution is 14.3. The van der Waals surface area contributed by atoms with Gasteiger partial charge in [-0.15, -0.1) is 0 Å². The molecule has 32 heavy (non-hydrogen) atoms. The van der Waals surface area contributed by atoms with Crippen molar-refractivity contribution in [1.29, 1.82) is 0 Å². The Bertz CT molecular complexity index is 632. The summed E-state index contributed by atoms with van der Waals surface area (Å²) in [5.74, 6) is 0. The first-order chi connectivity index (χ1) is 13.2. The molecule has 0 saturated carbocycles. The highest BCUT2D eigenvalue weighted by Crippen LogP contribution is 2.81. The molecule has 1 N–H and O–H groups in total. The van der Waals surface area contributed by atoms with Crippen molar-refractivity contribution in [3.05, 3.63) is 0 Å². The molecule has 22 heteroatoms. The van der Waals surface area contributed by atoms with Crippen molar-refractivity contribution in [2.75, 3.05) is 0 Å². The van der Waals surface area contributed by atoms with Crippen molar-refractivity contribution in [3.8, 4) is 0 Å². The summed E-state index contributed by atoms with van der Waals surface area (Å²) in [6, 6.07) is 0. The van der Waals surface area contributed by atoms with Gasteiger partial charge in [0.15, 0.2) is 1.61 Å². The first-order valence-electron chi connectivity index (χ1n) is 6.44. The van der Waals surface area contributed by atoms with Crippen molar-refractivity contribution in [2.24, 2.45) is 0 Å². The highest BCUT2D eigenvalue weighted by atomic mass is 127. The third kappa shape index (κ3) is 9.58. The van der Waals surface area contributed by atoms with E-state index in [1.54, 1.807) is 0 Å². The molecule has 0 aliphatic heterocycles. The normalized spacial score (nSPS) is 17.1. The van der Waals surface area contributed by atoms with Gasteiger partial charge in [-0.1, -0.05) is 429 Å². The van der Waals surface area contributed by atoms with Crippen LogP contribution < -0.4 is 0 Å². The maximum atomic E-state index is 11.1. The first-order valence-corrected chi connectivity index (χ1v) is 29.1. The highest BCUT2D eigenvalue weighted by Gasteiger charge is 2.79. The molecule has 0 saturated heterocycles. The minimum absolute atomic E-state index is 0.0223. The van der Waals surface area contributed by atoms with Crippen LogP contribution in [0.3, 0.4) is 0 Å². The lowest BCUT2D eigenvalue weighted by molar-refractivity contribution is 0.257. The molecule has 0 unspecified atom stereocenters. The van der Waals surface area contributed by atoms with Gasteiger partial charge in [-0.25, -0.2) is 0 Å². The smallest absolute Gasteiger partial charge is 0.192 e. The number of alkyl halides is 21. The molecular formula is C10HI21O. The Morgan fingerprint density at radius 1 is 0.250 bits per heavy atom. The molecule has 0 aliphatic carbocycles. The quantitative estimate of drug-likeness (QED) is 0.180. The lowest BCUT2D eigenvalue weighted by Crippen LogP contribution is -2.69. The van der Waals surface area contributed by atoms with Crippen LogP contribution in [0.2, 0.25) is 0 Å². The molecule has 0 rings (SSSR count). The predicted molar refractivity (Wildman–Crippen MR) is 324 cm³/mol. The number of hydrogen-bond donors (Lipinski definition) is 1. The summed E-state index contributed by atoms with van der Waals surface area (Å²) in [4.78, 5) is 0. The molecule has 0 atom stereocenters. The molecule has 0 aromatic heterocycles. The van der Waals surface area contributed by atoms with E-state index < -0.39 is 3.04 Å². The molecule has 0 amide bonds. The zero-order valence-electron chi connectivity index (χ0n) is 13.4. The maximum Gasteiger partial charge on any atom is 0.192 e. The fourth-order valence-corrected chi connectivity index (χ4v) is 32.4. The number of rotatable bonds is 9. The van der Waals surface area contributed by atoms with E-state index in [9.17, 15) is 5.11 Å². The Morgan fingerprint density at radius 3 is 0.562 bits per heavy atom. The van der Waals surface area contributed by atoms with Crippen molar-refractivity contribution >= 4 is 474 Å². The van der Waals surface area contributed by atoms with Gasteiger partial charge in [0.05, 0.1) is 0 Å². The van der Waals surface area contributed by atoms with Gasteiger partial charge in [0.25, 0.3) is 0 Å². The SMILES string of the molecule is OC(I)(I)C(I)(I)C(I)(I)C(I)(I)C(I)(I)C(I)(I)C(I)(I)C(I)(I)C(I)(I)C(I)(I)I. The summed E-state index contributed by atoms with van der Waals surface area (Å²) in [6.07, 6.45) is 0. The molecule has 194 valence electrons. The van der Waals surface area contributed by atoms with Crippen molar-refractivity contribution in [2.45, 2.75) is 12.5 Å². The Hall–Kier alpha value is 15.3. The summed E-state index contributed by atoms with van der Waals surface area (Å²) in [6.45, 7) is 0. The Labute approximate surface area is 475 Å². The summed E-state index contributed by atoms with van der Waals surface area (Å²) in [7, 11) is 0. The third-order valence-corrected chi connectivity index (χ3v) is 72.6. The summed E-state index contributed by atoms with van der Waals surface area (Å²) >= 11 is 54.5.